The van der Waals surface area contributed by atoms with Crippen LogP contribution in [0.4, 0.5) is 0 Å². The summed E-state index contributed by atoms with van der Waals surface area (Å²) in [6.45, 7) is 2.07. The highest BCUT2D eigenvalue weighted by Gasteiger charge is 2.05. The van der Waals surface area contributed by atoms with Gasteiger partial charge in [-0.3, -0.25) is 4.98 Å². The Bertz CT molecular complexity index is 985. The molecule has 0 saturated carbocycles. The predicted molar refractivity (Wildman–Crippen MR) is 105 cm³/mol. The van der Waals surface area contributed by atoms with Crippen molar-refractivity contribution < 1.29 is 0 Å². The van der Waals surface area contributed by atoms with E-state index in [1.54, 1.807) is 0 Å². The third-order valence-corrected chi connectivity index (χ3v) is 4.60. The van der Waals surface area contributed by atoms with Gasteiger partial charge in [0.2, 0.25) is 0 Å². The maximum absolute atomic E-state index is 4.64. The Morgan fingerprint density at radius 2 is 1.24 bits per heavy atom. The van der Waals surface area contributed by atoms with Crippen LogP contribution in [0.25, 0.3) is 10.9 Å². The minimum atomic E-state index is 0.940. The molecular weight excluding hydrogens is 302 g/mol. The van der Waals surface area contributed by atoms with Gasteiger partial charge in [0.1, 0.15) is 0 Å². The molecule has 1 aromatic heterocycles. The molecule has 3 aromatic carbocycles. The van der Waals surface area contributed by atoms with E-state index >= 15 is 0 Å². The van der Waals surface area contributed by atoms with Gasteiger partial charge in [-0.2, -0.15) is 0 Å². The van der Waals surface area contributed by atoms with Crippen molar-refractivity contribution in [3.8, 4) is 0 Å². The molecular formula is C24H21N. The van der Waals surface area contributed by atoms with E-state index in [4.69, 9.17) is 0 Å². The van der Waals surface area contributed by atoms with Gasteiger partial charge in [-0.15, -0.1) is 0 Å². The molecule has 0 saturated heterocycles. The smallest absolute Gasteiger partial charge is 0.0708 e. The van der Waals surface area contributed by atoms with Crippen molar-refractivity contribution in [3.05, 3.63) is 113 Å². The lowest BCUT2D eigenvalue weighted by Gasteiger charge is -2.09. The zero-order chi connectivity index (χ0) is 17.1. The molecule has 4 aromatic rings. The number of aromatic nitrogens is 1. The highest BCUT2D eigenvalue weighted by molar-refractivity contribution is 5.82. The van der Waals surface area contributed by atoms with Gasteiger partial charge in [-0.05, 0) is 54.2 Å². The molecule has 0 aliphatic rings. The Labute approximate surface area is 149 Å². The lowest BCUT2D eigenvalue weighted by atomic mass is 9.98. The van der Waals surface area contributed by atoms with Gasteiger partial charge in [0.05, 0.1) is 5.52 Å². The van der Waals surface area contributed by atoms with E-state index in [2.05, 4.69) is 96.8 Å². The Kier molecular flexibility index (Phi) is 4.30. The third kappa shape index (κ3) is 3.61. The first kappa shape index (κ1) is 15.6. The molecule has 4 rings (SSSR count). The van der Waals surface area contributed by atoms with Crippen LogP contribution in [0.1, 0.15) is 27.9 Å². The van der Waals surface area contributed by atoms with E-state index in [0.29, 0.717) is 0 Å². The molecule has 1 heteroatoms. The van der Waals surface area contributed by atoms with Crippen LogP contribution in [-0.4, -0.2) is 4.98 Å². The van der Waals surface area contributed by atoms with E-state index in [1.807, 2.05) is 0 Å². The largest absolute Gasteiger partial charge is 0.253 e. The lowest BCUT2D eigenvalue weighted by molar-refractivity contribution is 1.14. The zero-order valence-corrected chi connectivity index (χ0v) is 14.4. The first-order valence-corrected chi connectivity index (χ1v) is 8.75. The molecule has 122 valence electrons. The van der Waals surface area contributed by atoms with Gasteiger partial charge >= 0.3 is 0 Å². The summed E-state index contributed by atoms with van der Waals surface area (Å²) >= 11 is 0. The number of rotatable bonds is 4. The van der Waals surface area contributed by atoms with Crippen LogP contribution in [0.5, 0.6) is 0 Å². The molecule has 0 N–H and O–H groups in total. The average Bonchev–Trinajstić information content (AvgIpc) is 2.64. The van der Waals surface area contributed by atoms with Crippen molar-refractivity contribution in [2.45, 2.75) is 19.8 Å². The number of aryl methyl sites for hydroxylation is 1. The van der Waals surface area contributed by atoms with Crippen LogP contribution in [0.2, 0.25) is 0 Å². The average molecular weight is 323 g/mol. The number of para-hydroxylation sites is 1. The van der Waals surface area contributed by atoms with Crippen molar-refractivity contribution in [2.75, 3.05) is 0 Å². The maximum Gasteiger partial charge on any atom is 0.0708 e. The molecule has 0 unspecified atom stereocenters. The minimum Gasteiger partial charge on any atom is -0.253 e. The van der Waals surface area contributed by atoms with Crippen molar-refractivity contribution in [2.24, 2.45) is 0 Å². The van der Waals surface area contributed by atoms with E-state index in [0.717, 1.165) is 24.1 Å². The number of benzene rings is 3. The van der Waals surface area contributed by atoms with E-state index < -0.39 is 0 Å². The fourth-order valence-electron chi connectivity index (χ4n) is 3.37. The number of nitrogens with zero attached hydrogens (tertiary/aromatic N) is 1. The van der Waals surface area contributed by atoms with Crippen LogP contribution in [0.15, 0.2) is 84.9 Å². The summed E-state index contributed by atoms with van der Waals surface area (Å²) in [6, 6.07) is 30.2. The second kappa shape index (κ2) is 6.90. The van der Waals surface area contributed by atoms with E-state index in [9.17, 15) is 0 Å². The summed E-state index contributed by atoms with van der Waals surface area (Å²) in [7, 11) is 0. The molecule has 0 amide bonds. The van der Waals surface area contributed by atoms with E-state index in [1.165, 1.54) is 27.6 Å². The number of fused-ring (bicyclic) bond motifs is 1. The fourth-order valence-corrected chi connectivity index (χ4v) is 3.37. The lowest BCUT2D eigenvalue weighted by Crippen LogP contribution is -1.95. The maximum atomic E-state index is 4.64. The van der Waals surface area contributed by atoms with Crippen LogP contribution in [0, 0.1) is 6.92 Å². The molecule has 0 atom stereocenters. The first-order chi connectivity index (χ1) is 12.3. The number of hydrogen-bond acceptors (Lipinski definition) is 1. The fraction of sp³-hybridized carbons (Fsp3) is 0.125. The van der Waals surface area contributed by atoms with Crippen LogP contribution >= 0.6 is 0 Å². The molecule has 0 bridgehead atoms. The Hall–Kier alpha value is -2.93. The van der Waals surface area contributed by atoms with Gasteiger partial charge in [0, 0.05) is 11.1 Å². The minimum absolute atomic E-state index is 0.940. The topological polar surface area (TPSA) is 12.9 Å². The zero-order valence-electron chi connectivity index (χ0n) is 14.4. The molecule has 0 aliphatic heterocycles. The molecule has 1 nitrogen and oxygen atoms in total. The van der Waals surface area contributed by atoms with Crippen LogP contribution in [0.3, 0.4) is 0 Å². The van der Waals surface area contributed by atoms with Crippen molar-refractivity contribution in [1.82, 2.24) is 4.98 Å². The Morgan fingerprint density at radius 3 is 2.00 bits per heavy atom. The van der Waals surface area contributed by atoms with Gasteiger partial charge in [-0.1, -0.05) is 72.8 Å². The third-order valence-electron chi connectivity index (χ3n) is 4.60. The molecule has 0 spiro atoms. The molecule has 25 heavy (non-hydrogen) atoms. The first-order valence-electron chi connectivity index (χ1n) is 8.75. The van der Waals surface area contributed by atoms with E-state index in [-0.39, 0.29) is 0 Å². The van der Waals surface area contributed by atoms with Crippen molar-refractivity contribution in [1.29, 1.82) is 0 Å². The summed E-state index contributed by atoms with van der Waals surface area (Å²) in [4.78, 5) is 4.64. The predicted octanol–water partition coefficient (Wildman–Crippen LogP) is 5.72. The van der Waals surface area contributed by atoms with Gasteiger partial charge in [0.15, 0.2) is 0 Å². The number of pyridine rings is 1. The summed E-state index contributed by atoms with van der Waals surface area (Å²) in [5.74, 6) is 0. The standard InChI is InChI=1S/C24H21N/c1-18-15-22(23-9-5-6-10-24(23)25-18)17-21-13-11-20(12-14-21)16-19-7-3-2-4-8-19/h2-15H,16-17H2,1H3. The molecule has 0 radical (unpaired) electrons. The second-order valence-electron chi connectivity index (χ2n) is 6.60. The monoisotopic (exact) mass is 323 g/mol. The Balaban J connectivity index is 1.58. The van der Waals surface area contributed by atoms with Gasteiger partial charge < -0.3 is 0 Å². The summed E-state index contributed by atoms with van der Waals surface area (Å²) in [5.41, 5.74) is 7.55. The highest BCUT2D eigenvalue weighted by atomic mass is 14.7. The highest BCUT2D eigenvalue weighted by Crippen LogP contribution is 2.21. The number of hydrogen-bond donors (Lipinski definition) is 0. The van der Waals surface area contributed by atoms with Gasteiger partial charge in [0.25, 0.3) is 0 Å². The normalized spacial score (nSPS) is 10.9. The SMILES string of the molecule is Cc1cc(Cc2ccc(Cc3ccccc3)cc2)c2ccccc2n1. The quantitative estimate of drug-likeness (QED) is 0.468. The van der Waals surface area contributed by atoms with Crippen LogP contribution in [-0.2, 0) is 12.8 Å². The molecule has 0 aliphatic carbocycles. The van der Waals surface area contributed by atoms with Crippen LogP contribution < -0.4 is 0 Å². The Morgan fingerprint density at radius 1 is 0.640 bits per heavy atom. The van der Waals surface area contributed by atoms with Gasteiger partial charge in [-0.25, -0.2) is 0 Å². The molecule has 1 heterocycles. The molecule has 0 fully saturated rings. The van der Waals surface area contributed by atoms with Crippen molar-refractivity contribution in [3.63, 3.8) is 0 Å². The second-order valence-corrected chi connectivity index (χ2v) is 6.60. The summed E-state index contributed by atoms with van der Waals surface area (Å²) in [5, 5.41) is 1.25. The van der Waals surface area contributed by atoms with Crippen molar-refractivity contribution >= 4 is 10.9 Å². The summed E-state index contributed by atoms with van der Waals surface area (Å²) < 4.78 is 0. The summed E-state index contributed by atoms with van der Waals surface area (Å²) in [6.07, 6.45) is 1.92.